The van der Waals surface area contributed by atoms with E-state index in [1.54, 1.807) is 0 Å². The minimum atomic E-state index is 0.961. The molecule has 0 bridgehead atoms. The molecule has 0 N–H and O–H groups in total. The van der Waals surface area contributed by atoms with Crippen molar-refractivity contribution in [1.29, 1.82) is 0 Å². The van der Waals surface area contributed by atoms with Crippen molar-refractivity contribution in [1.82, 2.24) is 10.0 Å². The van der Waals surface area contributed by atoms with Crippen molar-refractivity contribution in [2.45, 2.75) is 26.2 Å². The van der Waals surface area contributed by atoms with Gasteiger partial charge in [-0.25, -0.2) is 10.0 Å². The number of hydrogen-bond donors (Lipinski definition) is 0. The summed E-state index contributed by atoms with van der Waals surface area (Å²) in [4.78, 5) is 0. The van der Waals surface area contributed by atoms with E-state index in [1.165, 1.54) is 32.4 Å². The fraction of sp³-hybridized carbons (Fsp3) is 1.00. The lowest BCUT2D eigenvalue weighted by Gasteiger charge is -2.23. The average molecular weight is 156 g/mol. The van der Waals surface area contributed by atoms with Gasteiger partial charge in [-0.1, -0.05) is 13.3 Å². The predicted octanol–water partition coefficient (Wildman–Crippen LogP) is 1.58. The van der Waals surface area contributed by atoms with E-state index in [2.05, 4.69) is 31.0 Å². The highest BCUT2D eigenvalue weighted by Gasteiger charge is 2.22. The molecule has 0 aromatic carbocycles. The van der Waals surface area contributed by atoms with Gasteiger partial charge in [-0.3, -0.25) is 0 Å². The van der Waals surface area contributed by atoms with E-state index in [0.29, 0.717) is 0 Å². The van der Waals surface area contributed by atoms with Crippen LogP contribution in [0.4, 0.5) is 0 Å². The van der Waals surface area contributed by atoms with Gasteiger partial charge >= 0.3 is 0 Å². The first-order valence-electron chi connectivity index (χ1n) is 4.66. The fourth-order valence-corrected chi connectivity index (χ4v) is 1.82. The van der Waals surface area contributed by atoms with Gasteiger partial charge in [0.2, 0.25) is 0 Å². The van der Waals surface area contributed by atoms with Crippen molar-refractivity contribution < 1.29 is 0 Å². The molecule has 0 spiro atoms. The van der Waals surface area contributed by atoms with Crippen molar-refractivity contribution in [3.8, 4) is 0 Å². The summed E-state index contributed by atoms with van der Waals surface area (Å²) in [7, 11) is 4.27. The maximum Gasteiger partial charge on any atom is 0.0161 e. The molecular weight excluding hydrogens is 136 g/mol. The van der Waals surface area contributed by atoms with E-state index >= 15 is 0 Å². The monoisotopic (exact) mass is 156 g/mol. The molecule has 0 aliphatic carbocycles. The molecule has 0 saturated carbocycles. The minimum Gasteiger partial charge on any atom is -0.248 e. The first-order valence-corrected chi connectivity index (χ1v) is 4.66. The van der Waals surface area contributed by atoms with Crippen LogP contribution in [0.15, 0.2) is 0 Å². The lowest BCUT2D eigenvalue weighted by atomic mass is 10.0. The van der Waals surface area contributed by atoms with Crippen LogP contribution in [0.25, 0.3) is 0 Å². The largest absolute Gasteiger partial charge is 0.248 e. The highest BCUT2D eigenvalue weighted by Crippen LogP contribution is 2.20. The summed E-state index contributed by atoms with van der Waals surface area (Å²) >= 11 is 0. The highest BCUT2D eigenvalue weighted by molar-refractivity contribution is 4.72. The van der Waals surface area contributed by atoms with Gasteiger partial charge < -0.3 is 0 Å². The Labute approximate surface area is 70.1 Å². The zero-order valence-corrected chi connectivity index (χ0v) is 8.01. The van der Waals surface area contributed by atoms with Crippen LogP contribution in [-0.2, 0) is 0 Å². The van der Waals surface area contributed by atoms with Gasteiger partial charge in [-0.05, 0) is 18.8 Å². The number of hydrogen-bond acceptors (Lipinski definition) is 2. The van der Waals surface area contributed by atoms with Crippen LogP contribution in [-0.4, -0.2) is 37.2 Å². The van der Waals surface area contributed by atoms with Crippen molar-refractivity contribution in [2.75, 3.05) is 27.2 Å². The third-order valence-corrected chi connectivity index (χ3v) is 2.53. The third-order valence-electron chi connectivity index (χ3n) is 2.53. The molecule has 1 heterocycles. The van der Waals surface area contributed by atoms with Crippen molar-refractivity contribution in [3.63, 3.8) is 0 Å². The SMILES string of the molecule is CCCC1CCN(N(C)C)C1. The average Bonchev–Trinajstić information content (AvgIpc) is 2.37. The molecule has 2 heteroatoms. The molecule has 1 atom stereocenters. The number of rotatable bonds is 3. The van der Waals surface area contributed by atoms with Gasteiger partial charge in [0.05, 0.1) is 0 Å². The molecule has 11 heavy (non-hydrogen) atoms. The molecule has 0 aromatic rings. The van der Waals surface area contributed by atoms with E-state index in [4.69, 9.17) is 0 Å². The third kappa shape index (κ3) is 2.46. The molecule has 0 amide bonds. The Balaban J connectivity index is 2.23. The summed E-state index contributed by atoms with van der Waals surface area (Å²) in [5, 5.41) is 4.65. The van der Waals surface area contributed by atoms with Crippen LogP contribution >= 0.6 is 0 Å². The van der Waals surface area contributed by atoms with Gasteiger partial charge in [-0.2, -0.15) is 0 Å². The zero-order chi connectivity index (χ0) is 8.27. The number of hydrazine groups is 1. The minimum absolute atomic E-state index is 0.961. The molecule has 1 rings (SSSR count). The summed E-state index contributed by atoms with van der Waals surface area (Å²) in [5.41, 5.74) is 0. The summed E-state index contributed by atoms with van der Waals surface area (Å²) in [6.45, 7) is 4.82. The van der Waals surface area contributed by atoms with Crippen LogP contribution in [0, 0.1) is 5.92 Å². The molecule has 1 aliphatic heterocycles. The summed E-state index contributed by atoms with van der Waals surface area (Å²) in [5.74, 6) is 0.961. The fourth-order valence-electron chi connectivity index (χ4n) is 1.82. The van der Waals surface area contributed by atoms with Crippen LogP contribution < -0.4 is 0 Å². The Hall–Kier alpha value is -0.0800. The Bertz CT molecular complexity index is 112. The second kappa shape index (κ2) is 4.07. The summed E-state index contributed by atoms with van der Waals surface area (Å²) in [6.07, 6.45) is 4.14. The maximum atomic E-state index is 2.43. The van der Waals surface area contributed by atoms with E-state index < -0.39 is 0 Å². The van der Waals surface area contributed by atoms with Gasteiger partial charge in [0.25, 0.3) is 0 Å². The van der Waals surface area contributed by atoms with Crippen molar-refractivity contribution >= 4 is 0 Å². The molecule has 2 nitrogen and oxygen atoms in total. The summed E-state index contributed by atoms with van der Waals surface area (Å²) in [6, 6.07) is 0. The lowest BCUT2D eigenvalue weighted by molar-refractivity contribution is 0.0487. The van der Waals surface area contributed by atoms with Gasteiger partial charge in [0.15, 0.2) is 0 Å². The van der Waals surface area contributed by atoms with Gasteiger partial charge in [0, 0.05) is 27.2 Å². The quantitative estimate of drug-likeness (QED) is 0.612. The molecule has 1 unspecified atom stereocenters. The normalized spacial score (nSPS) is 26.7. The molecular formula is C9H20N2. The summed E-state index contributed by atoms with van der Waals surface area (Å²) < 4.78 is 0. The zero-order valence-electron chi connectivity index (χ0n) is 8.01. The van der Waals surface area contributed by atoms with Gasteiger partial charge in [0.1, 0.15) is 0 Å². The van der Waals surface area contributed by atoms with Crippen LogP contribution in [0.1, 0.15) is 26.2 Å². The molecule has 1 saturated heterocycles. The predicted molar refractivity (Wildman–Crippen MR) is 48.3 cm³/mol. The Morgan fingerprint density at radius 3 is 2.64 bits per heavy atom. The Morgan fingerprint density at radius 2 is 2.18 bits per heavy atom. The van der Waals surface area contributed by atoms with Crippen LogP contribution in [0.5, 0.6) is 0 Å². The van der Waals surface area contributed by atoms with E-state index in [9.17, 15) is 0 Å². The molecule has 0 radical (unpaired) electrons. The van der Waals surface area contributed by atoms with Crippen molar-refractivity contribution in [3.05, 3.63) is 0 Å². The Morgan fingerprint density at radius 1 is 1.45 bits per heavy atom. The molecule has 1 aliphatic rings. The maximum absolute atomic E-state index is 2.43. The van der Waals surface area contributed by atoms with E-state index in [1.807, 2.05) is 0 Å². The van der Waals surface area contributed by atoms with E-state index in [-0.39, 0.29) is 0 Å². The van der Waals surface area contributed by atoms with Crippen LogP contribution in [0.3, 0.4) is 0 Å². The Kier molecular flexibility index (Phi) is 3.34. The van der Waals surface area contributed by atoms with Crippen LogP contribution in [0.2, 0.25) is 0 Å². The number of nitrogens with zero attached hydrogens (tertiary/aromatic N) is 2. The molecule has 0 aromatic heterocycles. The smallest absolute Gasteiger partial charge is 0.0161 e. The second-order valence-electron chi connectivity index (χ2n) is 3.70. The standard InChI is InChI=1S/C9H20N2/c1-4-5-9-6-7-11(8-9)10(2)3/h9H,4-8H2,1-3H3. The topological polar surface area (TPSA) is 6.48 Å². The van der Waals surface area contributed by atoms with Crippen molar-refractivity contribution in [2.24, 2.45) is 5.92 Å². The second-order valence-corrected chi connectivity index (χ2v) is 3.70. The van der Waals surface area contributed by atoms with E-state index in [0.717, 1.165) is 5.92 Å². The lowest BCUT2D eigenvalue weighted by Crippen LogP contribution is -2.34. The highest BCUT2D eigenvalue weighted by atomic mass is 15.6. The van der Waals surface area contributed by atoms with Gasteiger partial charge in [-0.15, -0.1) is 0 Å². The molecule has 66 valence electrons. The first-order chi connectivity index (χ1) is 5.24. The molecule has 1 fully saturated rings. The first kappa shape index (κ1) is 9.01.